The van der Waals surface area contributed by atoms with Gasteiger partial charge in [-0.1, -0.05) is 29.4 Å². The Hall–Kier alpha value is -3.88. The second-order valence-electron chi connectivity index (χ2n) is 6.99. The smallest absolute Gasteiger partial charge is 0.416 e. The van der Waals surface area contributed by atoms with Crippen LogP contribution in [0.25, 0.3) is 10.9 Å². The van der Waals surface area contributed by atoms with Crippen molar-refractivity contribution in [3.8, 4) is 5.75 Å². The van der Waals surface area contributed by atoms with Gasteiger partial charge in [0.05, 0.1) is 11.1 Å². The summed E-state index contributed by atoms with van der Waals surface area (Å²) in [5, 5.41) is 7.19. The molecule has 0 fully saturated rings. The summed E-state index contributed by atoms with van der Waals surface area (Å²) in [6.45, 7) is 0.0841. The minimum Gasteiger partial charge on any atom is -0.486 e. The largest absolute Gasteiger partial charge is 0.486 e. The quantitative estimate of drug-likeness (QED) is 0.446. The van der Waals surface area contributed by atoms with Crippen molar-refractivity contribution in [2.24, 2.45) is 0 Å². The molecule has 4 aromatic rings. The van der Waals surface area contributed by atoms with Gasteiger partial charge in [0.2, 0.25) is 0 Å². The molecule has 2 heterocycles. The zero-order valence-electron chi connectivity index (χ0n) is 16.7. The number of nitrogens with zero attached hydrogens (tertiary/aromatic N) is 2. The Morgan fingerprint density at radius 1 is 1.06 bits per heavy atom. The Kier molecular flexibility index (Phi) is 6.07. The normalized spacial score (nSPS) is 11.5. The highest BCUT2D eigenvalue weighted by Crippen LogP contribution is 2.31. The first-order valence-electron chi connectivity index (χ1n) is 9.76. The summed E-state index contributed by atoms with van der Waals surface area (Å²) in [5.74, 6) is 0.404. The van der Waals surface area contributed by atoms with Crippen molar-refractivity contribution in [1.82, 2.24) is 15.5 Å². The number of pyridine rings is 1. The van der Waals surface area contributed by atoms with Crippen LogP contribution in [0.4, 0.5) is 13.2 Å². The van der Waals surface area contributed by atoms with E-state index in [9.17, 15) is 18.0 Å². The van der Waals surface area contributed by atoms with Gasteiger partial charge in [-0.05, 0) is 42.3 Å². The van der Waals surface area contributed by atoms with Crippen LogP contribution in [-0.2, 0) is 19.2 Å². The number of hydrogen-bond acceptors (Lipinski definition) is 5. The maximum absolute atomic E-state index is 13.0. The van der Waals surface area contributed by atoms with Gasteiger partial charge in [-0.2, -0.15) is 13.2 Å². The summed E-state index contributed by atoms with van der Waals surface area (Å²) < 4.78 is 50.0. The Morgan fingerprint density at radius 2 is 1.91 bits per heavy atom. The number of carbonyl (C=O) groups excluding carboxylic acids is 1. The first kappa shape index (κ1) is 21.4. The number of halogens is 3. The van der Waals surface area contributed by atoms with Gasteiger partial charge in [0.25, 0.3) is 5.91 Å². The monoisotopic (exact) mass is 441 g/mol. The van der Waals surface area contributed by atoms with Crippen LogP contribution in [-0.4, -0.2) is 22.6 Å². The predicted molar refractivity (Wildman–Crippen MR) is 110 cm³/mol. The van der Waals surface area contributed by atoms with Crippen LogP contribution in [0.1, 0.15) is 27.4 Å². The van der Waals surface area contributed by atoms with E-state index in [1.807, 2.05) is 24.3 Å². The van der Waals surface area contributed by atoms with E-state index in [-0.39, 0.29) is 30.8 Å². The van der Waals surface area contributed by atoms with Crippen molar-refractivity contribution in [2.75, 3.05) is 6.54 Å². The zero-order valence-corrected chi connectivity index (χ0v) is 16.7. The summed E-state index contributed by atoms with van der Waals surface area (Å²) in [4.78, 5) is 16.5. The molecule has 0 bridgehead atoms. The highest BCUT2D eigenvalue weighted by Gasteiger charge is 2.32. The number of nitrogens with one attached hydrogen (secondary N) is 1. The third kappa shape index (κ3) is 5.05. The van der Waals surface area contributed by atoms with Gasteiger partial charge in [-0.3, -0.25) is 9.78 Å². The Morgan fingerprint density at radius 3 is 2.75 bits per heavy atom. The Labute approximate surface area is 181 Å². The Bertz CT molecular complexity index is 1240. The second-order valence-corrected chi connectivity index (χ2v) is 6.99. The number of fused-ring (bicyclic) bond motifs is 1. The van der Waals surface area contributed by atoms with Crippen LogP contribution in [0.5, 0.6) is 5.75 Å². The van der Waals surface area contributed by atoms with E-state index < -0.39 is 17.6 Å². The molecule has 0 atom stereocenters. The van der Waals surface area contributed by atoms with Crippen LogP contribution in [0.2, 0.25) is 0 Å². The molecule has 0 spiro atoms. The van der Waals surface area contributed by atoms with Gasteiger partial charge < -0.3 is 14.6 Å². The lowest BCUT2D eigenvalue weighted by Crippen LogP contribution is -2.26. The molecule has 6 nitrogen and oxygen atoms in total. The molecule has 0 radical (unpaired) electrons. The van der Waals surface area contributed by atoms with Crippen LogP contribution in [0.3, 0.4) is 0 Å². The molecule has 0 saturated heterocycles. The van der Waals surface area contributed by atoms with Crippen LogP contribution in [0.15, 0.2) is 71.4 Å². The number of carbonyl (C=O) groups is 1. The number of amides is 1. The topological polar surface area (TPSA) is 77.2 Å². The van der Waals surface area contributed by atoms with Crippen molar-refractivity contribution in [3.05, 3.63) is 89.4 Å². The van der Waals surface area contributed by atoms with Crippen LogP contribution in [0, 0.1) is 0 Å². The van der Waals surface area contributed by atoms with E-state index in [4.69, 9.17) is 9.26 Å². The summed E-state index contributed by atoms with van der Waals surface area (Å²) >= 11 is 0. The van der Waals surface area contributed by atoms with Gasteiger partial charge >= 0.3 is 6.18 Å². The minimum absolute atomic E-state index is 0.0235. The summed E-state index contributed by atoms with van der Waals surface area (Å²) in [6, 6.07) is 15.9. The molecule has 4 rings (SSSR count). The lowest BCUT2D eigenvalue weighted by Gasteiger charge is -2.12. The predicted octanol–water partition coefficient (Wildman–Crippen LogP) is 4.79. The SMILES string of the molecule is O=C(NCCc1ccccc1C(F)(F)F)c1cc(COc2ccc3ncccc3c2)on1. The molecule has 164 valence electrons. The van der Waals surface area contributed by atoms with E-state index in [1.165, 1.54) is 24.3 Å². The molecular weight excluding hydrogens is 423 g/mol. The zero-order chi connectivity index (χ0) is 22.6. The molecule has 0 aliphatic rings. The van der Waals surface area contributed by atoms with E-state index in [0.717, 1.165) is 17.0 Å². The molecule has 2 aromatic heterocycles. The highest BCUT2D eigenvalue weighted by molar-refractivity contribution is 5.92. The molecule has 0 aliphatic carbocycles. The first-order valence-corrected chi connectivity index (χ1v) is 9.76. The lowest BCUT2D eigenvalue weighted by molar-refractivity contribution is -0.138. The van der Waals surface area contributed by atoms with Crippen molar-refractivity contribution in [2.45, 2.75) is 19.2 Å². The molecular formula is C23H18F3N3O3. The van der Waals surface area contributed by atoms with Gasteiger partial charge in [0.15, 0.2) is 11.5 Å². The third-order valence-electron chi connectivity index (χ3n) is 4.75. The molecule has 0 aliphatic heterocycles. The second kappa shape index (κ2) is 9.09. The van der Waals surface area contributed by atoms with Gasteiger partial charge in [-0.15, -0.1) is 0 Å². The summed E-state index contributed by atoms with van der Waals surface area (Å²) in [7, 11) is 0. The molecule has 1 amide bonds. The van der Waals surface area contributed by atoms with Crippen LogP contribution >= 0.6 is 0 Å². The van der Waals surface area contributed by atoms with Crippen LogP contribution < -0.4 is 10.1 Å². The Balaban J connectivity index is 1.31. The van der Waals surface area contributed by atoms with Crippen molar-refractivity contribution < 1.29 is 27.2 Å². The maximum Gasteiger partial charge on any atom is 0.416 e. The summed E-state index contributed by atoms with van der Waals surface area (Å²) in [5.41, 5.74) is 0.270. The first-order chi connectivity index (χ1) is 15.4. The van der Waals surface area contributed by atoms with E-state index >= 15 is 0 Å². The number of hydrogen-bond donors (Lipinski definition) is 1. The van der Waals surface area contributed by atoms with E-state index in [1.54, 1.807) is 12.3 Å². The number of ether oxygens (including phenoxy) is 1. The molecule has 0 unspecified atom stereocenters. The standard InChI is InChI=1S/C23H18F3N3O3/c24-23(25,26)19-6-2-1-4-15(19)9-11-28-22(30)21-13-18(32-29-21)14-31-17-7-8-20-16(12-17)5-3-10-27-20/h1-8,10,12-13H,9,11,14H2,(H,28,30). The summed E-state index contributed by atoms with van der Waals surface area (Å²) in [6.07, 6.45) is -2.70. The average Bonchev–Trinajstić information content (AvgIpc) is 3.26. The molecule has 9 heteroatoms. The van der Waals surface area contributed by atoms with E-state index in [2.05, 4.69) is 15.5 Å². The maximum atomic E-state index is 13.0. The fraction of sp³-hybridized carbons (Fsp3) is 0.174. The molecule has 2 aromatic carbocycles. The number of rotatable bonds is 7. The van der Waals surface area contributed by atoms with Gasteiger partial charge in [0.1, 0.15) is 12.4 Å². The average molecular weight is 441 g/mol. The van der Waals surface area contributed by atoms with Gasteiger partial charge in [0, 0.05) is 24.2 Å². The van der Waals surface area contributed by atoms with Crippen molar-refractivity contribution in [1.29, 1.82) is 0 Å². The van der Waals surface area contributed by atoms with E-state index in [0.29, 0.717) is 11.5 Å². The molecule has 0 saturated carbocycles. The fourth-order valence-electron chi connectivity index (χ4n) is 3.20. The number of alkyl halides is 3. The molecule has 32 heavy (non-hydrogen) atoms. The molecule has 1 N–H and O–H groups in total. The number of aromatic nitrogens is 2. The third-order valence-corrected chi connectivity index (χ3v) is 4.75. The van der Waals surface area contributed by atoms with Crippen molar-refractivity contribution in [3.63, 3.8) is 0 Å². The fourth-order valence-corrected chi connectivity index (χ4v) is 3.20. The number of benzene rings is 2. The lowest BCUT2D eigenvalue weighted by atomic mass is 10.0. The van der Waals surface area contributed by atoms with Crippen molar-refractivity contribution >= 4 is 16.8 Å². The highest BCUT2D eigenvalue weighted by atomic mass is 19.4. The van der Waals surface area contributed by atoms with Gasteiger partial charge in [-0.25, -0.2) is 0 Å². The minimum atomic E-state index is -4.44.